The van der Waals surface area contributed by atoms with Gasteiger partial charge in [-0.05, 0) is 49.2 Å². The van der Waals surface area contributed by atoms with Gasteiger partial charge in [-0.25, -0.2) is 9.37 Å². The molecule has 5 rings (SSSR count). The molecular formula is C25H25FN6O2. The number of amides is 1. The quantitative estimate of drug-likeness (QED) is 0.437. The average molecular weight is 461 g/mol. The highest BCUT2D eigenvalue weighted by Crippen LogP contribution is 2.31. The molecule has 0 atom stereocenters. The van der Waals surface area contributed by atoms with Crippen molar-refractivity contribution in [1.29, 1.82) is 0 Å². The topological polar surface area (TPSA) is 84.3 Å². The number of halogens is 1. The first-order valence-corrected chi connectivity index (χ1v) is 11.2. The maximum atomic E-state index is 14.4. The summed E-state index contributed by atoms with van der Waals surface area (Å²) in [7, 11) is 3.47. The molecule has 0 spiro atoms. The molecule has 0 bridgehead atoms. The Balaban J connectivity index is 1.39. The summed E-state index contributed by atoms with van der Waals surface area (Å²) in [5.74, 6) is 1.23. The lowest BCUT2D eigenvalue weighted by molar-refractivity contribution is 0.0958. The van der Waals surface area contributed by atoms with E-state index in [1.807, 2.05) is 35.9 Å². The molecule has 2 aromatic carbocycles. The summed E-state index contributed by atoms with van der Waals surface area (Å²) in [6.45, 7) is 1.75. The van der Waals surface area contributed by atoms with Crippen LogP contribution in [0.3, 0.4) is 0 Å². The first kappa shape index (κ1) is 21.7. The Hall–Kier alpha value is -4.14. The molecule has 1 saturated heterocycles. The molecule has 1 aliphatic heterocycles. The van der Waals surface area contributed by atoms with Crippen LogP contribution in [0.2, 0.25) is 0 Å². The molecule has 1 aliphatic rings. The SMILES string of the molecule is CNC(=O)c1cc(Oc2ccc3c(c2)nc(Nc2ccc(F)c(N4CCCC4)c2)n3C)ccn1. The van der Waals surface area contributed by atoms with Crippen LogP contribution in [0.25, 0.3) is 11.0 Å². The molecule has 0 aliphatic carbocycles. The fraction of sp³-hybridized carbons (Fsp3) is 0.240. The first-order valence-electron chi connectivity index (χ1n) is 11.2. The van der Waals surface area contributed by atoms with Gasteiger partial charge in [-0.1, -0.05) is 0 Å². The summed E-state index contributed by atoms with van der Waals surface area (Å²) in [4.78, 5) is 22.7. The highest BCUT2D eigenvalue weighted by Gasteiger charge is 2.17. The number of anilines is 3. The molecule has 3 heterocycles. The minimum absolute atomic E-state index is 0.213. The van der Waals surface area contributed by atoms with E-state index >= 15 is 0 Å². The number of rotatable bonds is 6. The maximum Gasteiger partial charge on any atom is 0.269 e. The van der Waals surface area contributed by atoms with E-state index in [1.165, 1.54) is 12.3 Å². The third kappa shape index (κ3) is 4.24. The number of nitrogens with one attached hydrogen (secondary N) is 2. The number of pyridine rings is 1. The molecule has 9 heteroatoms. The van der Waals surface area contributed by atoms with Gasteiger partial charge < -0.3 is 24.8 Å². The molecule has 34 heavy (non-hydrogen) atoms. The van der Waals surface area contributed by atoms with Crippen LogP contribution in [0.1, 0.15) is 23.3 Å². The second-order valence-electron chi connectivity index (χ2n) is 8.19. The normalized spacial score (nSPS) is 13.3. The van der Waals surface area contributed by atoms with Gasteiger partial charge in [0.25, 0.3) is 5.91 Å². The second-order valence-corrected chi connectivity index (χ2v) is 8.19. The number of benzene rings is 2. The van der Waals surface area contributed by atoms with Crippen LogP contribution in [0.5, 0.6) is 11.5 Å². The Bertz CT molecular complexity index is 1360. The number of aromatic nitrogens is 3. The molecule has 2 N–H and O–H groups in total. The van der Waals surface area contributed by atoms with E-state index < -0.39 is 0 Å². The summed E-state index contributed by atoms with van der Waals surface area (Å²) in [6.07, 6.45) is 3.69. The van der Waals surface area contributed by atoms with Gasteiger partial charge in [0.2, 0.25) is 5.95 Å². The zero-order chi connectivity index (χ0) is 23.7. The number of carbonyl (C=O) groups excluding carboxylic acids is 1. The third-order valence-corrected chi connectivity index (χ3v) is 5.93. The number of hydrogen-bond donors (Lipinski definition) is 2. The number of carbonyl (C=O) groups is 1. The van der Waals surface area contributed by atoms with E-state index in [0.29, 0.717) is 23.1 Å². The van der Waals surface area contributed by atoms with Gasteiger partial charge in [-0.3, -0.25) is 9.78 Å². The average Bonchev–Trinajstić information content (AvgIpc) is 3.48. The van der Waals surface area contributed by atoms with Crippen LogP contribution >= 0.6 is 0 Å². The minimum Gasteiger partial charge on any atom is -0.457 e. The van der Waals surface area contributed by atoms with Crippen LogP contribution < -0.4 is 20.3 Å². The van der Waals surface area contributed by atoms with Gasteiger partial charge in [0, 0.05) is 51.2 Å². The summed E-state index contributed by atoms with van der Waals surface area (Å²) in [6, 6.07) is 13.9. The van der Waals surface area contributed by atoms with Crippen molar-refractivity contribution in [2.24, 2.45) is 7.05 Å². The summed E-state index contributed by atoms with van der Waals surface area (Å²) < 4.78 is 22.3. The number of imidazole rings is 1. The fourth-order valence-corrected chi connectivity index (χ4v) is 4.14. The molecule has 4 aromatic rings. The maximum absolute atomic E-state index is 14.4. The molecular weight excluding hydrogens is 435 g/mol. The monoisotopic (exact) mass is 460 g/mol. The zero-order valence-corrected chi connectivity index (χ0v) is 19.0. The van der Waals surface area contributed by atoms with Gasteiger partial charge in [0.1, 0.15) is 23.0 Å². The van der Waals surface area contributed by atoms with Crippen molar-refractivity contribution in [2.75, 3.05) is 30.4 Å². The van der Waals surface area contributed by atoms with E-state index in [-0.39, 0.29) is 17.4 Å². The van der Waals surface area contributed by atoms with Gasteiger partial charge in [-0.2, -0.15) is 0 Å². The molecule has 174 valence electrons. The van der Waals surface area contributed by atoms with Crippen molar-refractivity contribution in [3.05, 3.63) is 66.2 Å². The van der Waals surface area contributed by atoms with Crippen LogP contribution in [0.4, 0.5) is 21.7 Å². The van der Waals surface area contributed by atoms with Gasteiger partial charge in [0.05, 0.1) is 16.7 Å². The van der Waals surface area contributed by atoms with E-state index in [9.17, 15) is 9.18 Å². The molecule has 8 nitrogen and oxygen atoms in total. The molecule has 2 aromatic heterocycles. The van der Waals surface area contributed by atoms with Gasteiger partial charge in [0.15, 0.2) is 0 Å². The Kier molecular flexibility index (Phi) is 5.75. The summed E-state index contributed by atoms with van der Waals surface area (Å²) >= 11 is 0. The minimum atomic E-state index is -0.282. The highest BCUT2D eigenvalue weighted by molar-refractivity contribution is 5.92. The van der Waals surface area contributed by atoms with Crippen LogP contribution in [-0.4, -0.2) is 40.6 Å². The Morgan fingerprint density at radius 2 is 1.85 bits per heavy atom. The number of nitrogens with zero attached hydrogens (tertiary/aromatic N) is 4. The highest BCUT2D eigenvalue weighted by atomic mass is 19.1. The molecule has 0 saturated carbocycles. The van der Waals surface area contributed by atoms with Crippen molar-refractivity contribution < 1.29 is 13.9 Å². The van der Waals surface area contributed by atoms with E-state index in [0.717, 1.165) is 42.7 Å². The molecule has 1 amide bonds. The lowest BCUT2D eigenvalue weighted by Crippen LogP contribution is -2.19. The van der Waals surface area contributed by atoms with E-state index in [1.54, 1.807) is 25.2 Å². The number of hydrogen-bond acceptors (Lipinski definition) is 6. The van der Waals surface area contributed by atoms with Crippen LogP contribution in [0.15, 0.2) is 54.7 Å². The number of ether oxygens (including phenoxy) is 1. The number of fused-ring (bicyclic) bond motifs is 1. The lowest BCUT2D eigenvalue weighted by atomic mass is 10.2. The zero-order valence-electron chi connectivity index (χ0n) is 19.0. The Morgan fingerprint density at radius 1 is 1.06 bits per heavy atom. The second kappa shape index (κ2) is 9.01. The fourth-order valence-electron chi connectivity index (χ4n) is 4.14. The van der Waals surface area contributed by atoms with E-state index in [4.69, 9.17) is 9.72 Å². The van der Waals surface area contributed by atoms with Crippen molar-refractivity contribution >= 4 is 34.3 Å². The predicted molar refractivity (Wildman–Crippen MR) is 130 cm³/mol. The number of aryl methyl sites for hydroxylation is 1. The van der Waals surface area contributed by atoms with Gasteiger partial charge >= 0.3 is 0 Å². The summed E-state index contributed by atoms with van der Waals surface area (Å²) in [5, 5.41) is 5.86. The van der Waals surface area contributed by atoms with Crippen LogP contribution in [-0.2, 0) is 7.05 Å². The van der Waals surface area contributed by atoms with Gasteiger partial charge in [-0.15, -0.1) is 0 Å². The summed E-state index contributed by atoms with van der Waals surface area (Å²) in [5.41, 5.74) is 3.32. The lowest BCUT2D eigenvalue weighted by Gasteiger charge is -2.19. The van der Waals surface area contributed by atoms with E-state index in [2.05, 4.69) is 20.5 Å². The van der Waals surface area contributed by atoms with Crippen molar-refractivity contribution in [1.82, 2.24) is 19.9 Å². The third-order valence-electron chi connectivity index (χ3n) is 5.93. The smallest absolute Gasteiger partial charge is 0.269 e. The van der Waals surface area contributed by atoms with Crippen molar-refractivity contribution in [2.45, 2.75) is 12.8 Å². The standard InChI is InChI=1S/C25H25FN6O2/c1-27-24(33)21-15-18(9-10-28-21)34-17-6-8-22-20(14-17)30-25(31(22)2)29-16-5-7-19(26)23(13-16)32-11-3-4-12-32/h5-10,13-15H,3-4,11-12H2,1-2H3,(H,27,33)(H,29,30). The first-order chi connectivity index (χ1) is 16.5. The van der Waals surface area contributed by atoms with Crippen molar-refractivity contribution in [3.8, 4) is 11.5 Å². The molecule has 0 radical (unpaired) electrons. The van der Waals surface area contributed by atoms with Crippen molar-refractivity contribution in [3.63, 3.8) is 0 Å². The molecule has 0 unspecified atom stereocenters. The Morgan fingerprint density at radius 3 is 2.65 bits per heavy atom. The predicted octanol–water partition coefficient (Wildman–Crippen LogP) is 4.60. The van der Waals surface area contributed by atoms with Crippen LogP contribution in [0, 0.1) is 5.82 Å². The molecule has 1 fully saturated rings. The largest absolute Gasteiger partial charge is 0.457 e. The Labute approximate surface area is 196 Å².